The van der Waals surface area contributed by atoms with Crippen molar-refractivity contribution in [2.75, 3.05) is 5.32 Å². The van der Waals surface area contributed by atoms with Gasteiger partial charge in [-0.05, 0) is 70.0 Å². The first-order valence-electron chi connectivity index (χ1n) is 9.74. The van der Waals surface area contributed by atoms with Crippen LogP contribution in [0.1, 0.15) is 33.6 Å². The molecule has 1 aromatic heterocycles. The number of benzene rings is 2. The summed E-state index contributed by atoms with van der Waals surface area (Å²) in [7, 11) is 0. The van der Waals surface area contributed by atoms with Gasteiger partial charge in [-0.1, -0.05) is 29.8 Å². The molecule has 0 aliphatic rings. The van der Waals surface area contributed by atoms with E-state index in [1.807, 2.05) is 52.0 Å². The highest BCUT2D eigenvalue weighted by atomic mass is 16.2. The number of hydrogen-bond acceptors (Lipinski definition) is 3. The van der Waals surface area contributed by atoms with Crippen LogP contribution in [-0.2, 0) is 9.59 Å². The lowest BCUT2D eigenvalue weighted by atomic mass is 10.1. The minimum Gasteiger partial charge on any atom is -0.318 e. The molecule has 0 aliphatic carbocycles. The molecular weight excluding hydrogens is 376 g/mol. The molecule has 0 aliphatic heterocycles. The maximum atomic E-state index is 12.2. The van der Waals surface area contributed by atoms with Crippen LogP contribution in [0.4, 0.5) is 5.69 Å². The molecule has 6 nitrogen and oxygen atoms in total. The van der Waals surface area contributed by atoms with E-state index in [0.717, 1.165) is 33.8 Å². The number of carbonyl (C=O) groups excluding carboxylic acids is 2. The second-order valence-electron chi connectivity index (χ2n) is 7.47. The fraction of sp³-hybridized carbons (Fsp3) is 0.208. The molecule has 6 heteroatoms. The number of hydrazone groups is 1. The fourth-order valence-electron chi connectivity index (χ4n) is 3.27. The van der Waals surface area contributed by atoms with Gasteiger partial charge in [0.1, 0.15) is 0 Å². The highest BCUT2D eigenvalue weighted by Crippen LogP contribution is 2.20. The van der Waals surface area contributed by atoms with Gasteiger partial charge in [0.2, 0.25) is 0 Å². The second kappa shape index (κ2) is 8.78. The Bertz CT molecular complexity index is 1120. The van der Waals surface area contributed by atoms with E-state index in [9.17, 15) is 9.59 Å². The topological polar surface area (TPSA) is 75.5 Å². The molecule has 0 unspecified atom stereocenters. The number of aromatic nitrogens is 1. The van der Waals surface area contributed by atoms with Crippen LogP contribution in [0.25, 0.3) is 5.69 Å². The monoisotopic (exact) mass is 402 g/mol. The van der Waals surface area contributed by atoms with Gasteiger partial charge >= 0.3 is 11.8 Å². The van der Waals surface area contributed by atoms with Crippen molar-refractivity contribution in [3.8, 4) is 5.69 Å². The van der Waals surface area contributed by atoms with E-state index in [1.165, 1.54) is 5.56 Å². The lowest BCUT2D eigenvalue weighted by Gasteiger charge is -2.09. The lowest BCUT2D eigenvalue weighted by Crippen LogP contribution is -2.32. The first-order chi connectivity index (χ1) is 14.3. The number of nitrogens with zero attached hydrogens (tertiary/aromatic N) is 2. The third kappa shape index (κ3) is 4.66. The lowest BCUT2D eigenvalue weighted by molar-refractivity contribution is -0.136. The Morgan fingerprint density at radius 3 is 2.23 bits per heavy atom. The van der Waals surface area contributed by atoms with Crippen LogP contribution >= 0.6 is 0 Å². The molecule has 0 spiro atoms. The summed E-state index contributed by atoms with van der Waals surface area (Å²) in [6.45, 7) is 9.85. The number of amides is 2. The van der Waals surface area contributed by atoms with Crippen LogP contribution < -0.4 is 10.7 Å². The molecule has 1 heterocycles. The summed E-state index contributed by atoms with van der Waals surface area (Å²) in [6, 6.07) is 15.9. The zero-order valence-corrected chi connectivity index (χ0v) is 17.9. The van der Waals surface area contributed by atoms with E-state index < -0.39 is 11.8 Å². The summed E-state index contributed by atoms with van der Waals surface area (Å²) in [5.41, 5.74) is 9.96. The zero-order valence-electron chi connectivity index (χ0n) is 17.9. The van der Waals surface area contributed by atoms with Crippen molar-refractivity contribution >= 4 is 23.7 Å². The minimum atomic E-state index is -0.820. The summed E-state index contributed by atoms with van der Waals surface area (Å²) in [5.74, 6) is -1.58. The SMILES string of the molecule is Cc1ccc(-n2c(C)cc(/C=N\NC(=O)C(=O)Nc3cc(C)ccc3C)c2C)cc1. The van der Waals surface area contributed by atoms with Crippen LogP contribution in [-0.4, -0.2) is 22.6 Å². The maximum absolute atomic E-state index is 12.2. The summed E-state index contributed by atoms with van der Waals surface area (Å²) < 4.78 is 2.12. The van der Waals surface area contributed by atoms with Crippen molar-refractivity contribution in [2.24, 2.45) is 5.10 Å². The van der Waals surface area contributed by atoms with Crippen molar-refractivity contribution in [3.05, 3.63) is 82.2 Å². The molecule has 3 rings (SSSR count). The number of hydrogen-bond donors (Lipinski definition) is 2. The van der Waals surface area contributed by atoms with E-state index in [0.29, 0.717) is 5.69 Å². The summed E-state index contributed by atoms with van der Waals surface area (Å²) in [5, 5.41) is 6.59. The highest BCUT2D eigenvalue weighted by molar-refractivity contribution is 6.39. The maximum Gasteiger partial charge on any atom is 0.329 e. The summed E-state index contributed by atoms with van der Waals surface area (Å²) in [6.07, 6.45) is 1.55. The van der Waals surface area contributed by atoms with Crippen LogP contribution in [0.3, 0.4) is 0 Å². The zero-order chi connectivity index (χ0) is 21.8. The van der Waals surface area contributed by atoms with Crippen molar-refractivity contribution in [2.45, 2.75) is 34.6 Å². The van der Waals surface area contributed by atoms with Crippen LogP contribution in [0, 0.1) is 34.6 Å². The molecule has 0 saturated carbocycles. The molecule has 0 saturated heterocycles. The van der Waals surface area contributed by atoms with Gasteiger partial charge in [0, 0.05) is 28.3 Å². The normalized spacial score (nSPS) is 11.0. The first-order valence-corrected chi connectivity index (χ1v) is 9.74. The van der Waals surface area contributed by atoms with Gasteiger partial charge < -0.3 is 9.88 Å². The van der Waals surface area contributed by atoms with Gasteiger partial charge in [-0.3, -0.25) is 9.59 Å². The largest absolute Gasteiger partial charge is 0.329 e. The molecule has 0 fully saturated rings. The third-order valence-corrected chi connectivity index (χ3v) is 4.98. The van der Waals surface area contributed by atoms with Gasteiger partial charge in [-0.25, -0.2) is 5.43 Å². The van der Waals surface area contributed by atoms with E-state index in [2.05, 4.69) is 51.6 Å². The number of carbonyl (C=O) groups is 2. The van der Waals surface area contributed by atoms with Gasteiger partial charge in [0.25, 0.3) is 0 Å². The van der Waals surface area contributed by atoms with Gasteiger partial charge in [-0.15, -0.1) is 0 Å². The molecule has 2 aromatic carbocycles. The third-order valence-electron chi connectivity index (χ3n) is 4.98. The first kappa shape index (κ1) is 21.0. The molecular formula is C24H26N4O2. The number of aryl methyl sites for hydroxylation is 4. The average molecular weight is 402 g/mol. The van der Waals surface area contributed by atoms with Crippen LogP contribution in [0.15, 0.2) is 53.6 Å². The molecule has 0 bridgehead atoms. The van der Waals surface area contributed by atoms with Crippen LogP contribution in [0.2, 0.25) is 0 Å². The van der Waals surface area contributed by atoms with Crippen molar-refractivity contribution in [3.63, 3.8) is 0 Å². The van der Waals surface area contributed by atoms with Crippen molar-refractivity contribution < 1.29 is 9.59 Å². The molecule has 2 amide bonds. The fourth-order valence-corrected chi connectivity index (χ4v) is 3.27. The molecule has 0 radical (unpaired) electrons. The standard InChI is InChI=1S/C24H26N4O2/c1-15-7-10-21(11-8-15)28-18(4)13-20(19(28)5)14-25-27-24(30)23(29)26-22-12-16(2)6-9-17(22)3/h6-14H,1-5H3,(H,26,29)(H,27,30)/b25-14-. The van der Waals surface area contributed by atoms with Gasteiger partial charge in [0.15, 0.2) is 0 Å². The molecule has 30 heavy (non-hydrogen) atoms. The summed E-state index contributed by atoms with van der Waals surface area (Å²) >= 11 is 0. The Morgan fingerprint density at radius 1 is 0.867 bits per heavy atom. The Kier molecular flexibility index (Phi) is 6.16. The Balaban J connectivity index is 1.68. The molecule has 0 atom stereocenters. The average Bonchev–Trinajstić information content (AvgIpc) is 2.98. The molecule has 3 aromatic rings. The number of nitrogens with one attached hydrogen (secondary N) is 2. The smallest absolute Gasteiger partial charge is 0.318 e. The highest BCUT2D eigenvalue weighted by Gasteiger charge is 2.14. The van der Waals surface area contributed by atoms with Gasteiger partial charge in [0.05, 0.1) is 6.21 Å². The molecule has 154 valence electrons. The summed E-state index contributed by atoms with van der Waals surface area (Å²) in [4.78, 5) is 24.3. The Morgan fingerprint density at radius 2 is 1.53 bits per heavy atom. The number of rotatable bonds is 4. The number of anilines is 1. The predicted octanol–water partition coefficient (Wildman–Crippen LogP) is 4.11. The van der Waals surface area contributed by atoms with E-state index in [1.54, 1.807) is 6.21 Å². The van der Waals surface area contributed by atoms with E-state index in [-0.39, 0.29) is 0 Å². The second-order valence-corrected chi connectivity index (χ2v) is 7.47. The van der Waals surface area contributed by atoms with E-state index >= 15 is 0 Å². The Hall–Kier alpha value is -3.67. The quantitative estimate of drug-likeness (QED) is 0.391. The van der Waals surface area contributed by atoms with Crippen LogP contribution in [0.5, 0.6) is 0 Å². The van der Waals surface area contributed by atoms with E-state index in [4.69, 9.17) is 0 Å². The van der Waals surface area contributed by atoms with Gasteiger partial charge in [-0.2, -0.15) is 5.10 Å². The minimum absolute atomic E-state index is 0.612. The Labute approximate surface area is 176 Å². The predicted molar refractivity (Wildman–Crippen MR) is 120 cm³/mol. The van der Waals surface area contributed by atoms with Crippen molar-refractivity contribution in [1.82, 2.24) is 9.99 Å². The molecule has 2 N–H and O–H groups in total. The van der Waals surface area contributed by atoms with Crippen molar-refractivity contribution in [1.29, 1.82) is 0 Å².